The molecule has 0 spiro atoms. The molecule has 1 aromatic heterocycles. The highest BCUT2D eigenvalue weighted by atomic mass is 32.2. The Morgan fingerprint density at radius 1 is 1.03 bits per heavy atom. The Balaban J connectivity index is 1.50. The number of hydrogen-bond donors (Lipinski definition) is 1. The third kappa shape index (κ3) is 3.38. The monoisotopic (exact) mass is 411 g/mol. The van der Waals surface area contributed by atoms with Gasteiger partial charge in [-0.1, -0.05) is 6.07 Å². The van der Waals surface area contributed by atoms with E-state index >= 15 is 0 Å². The lowest BCUT2D eigenvalue weighted by Crippen LogP contribution is -2.40. The molecule has 0 saturated carbocycles. The lowest BCUT2D eigenvalue weighted by molar-refractivity contribution is 0.349. The number of aromatic nitrogens is 1. The van der Waals surface area contributed by atoms with Gasteiger partial charge in [0.15, 0.2) is 0 Å². The van der Waals surface area contributed by atoms with E-state index < -0.39 is 15.7 Å². The van der Waals surface area contributed by atoms with Gasteiger partial charge in [0, 0.05) is 30.4 Å². The van der Waals surface area contributed by atoms with Crippen LogP contribution in [-0.4, -0.2) is 39.6 Å². The molecule has 1 N–H and O–H groups in total. The topological polar surface area (TPSA) is 62.3 Å². The van der Waals surface area contributed by atoms with Crippen LogP contribution in [-0.2, 0) is 9.84 Å². The fraction of sp³-hybridized carbons (Fsp3) is 0.318. The van der Waals surface area contributed by atoms with Gasteiger partial charge in [0.2, 0.25) is 9.84 Å². The molecule has 2 aromatic carbocycles. The molecule has 3 aromatic rings. The summed E-state index contributed by atoms with van der Waals surface area (Å²) in [5, 5.41) is 4.25. The van der Waals surface area contributed by atoms with Crippen molar-refractivity contribution in [1.82, 2.24) is 10.3 Å². The molecule has 7 heteroatoms. The quantitative estimate of drug-likeness (QED) is 0.717. The zero-order chi connectivity index (χ0) is 20.0. The first-order chi connectivity index (χ1) is 14.0. The van der Waals surface area contributed by atoms with E-state index in [1.165, 1.54) is 30.8 Å². The summed E-state index contributed by atoms with van der Waals surface area (Å²) in [6.45, 7) is 4.19. The third-order valence-electron chi connectivity index (χ3n) is 6.13. The van der Waals surface area contributed by atoms with E-state index in [-0.39, 0.29) is 9.79 Å². The predicted molar refractivity (Wildman–Crippen MR) is 110 cm³/mol. The number of rotatable bonds is 3. The van der Waals surface area contributed by atoms with Gasteiger partial charge in [-0.05, 0) is 73.8 Å². The Morgan fingerprint density at radius 3 is 2.76 bits per heavy atom. The summed E-state index contributed by atoms with van der Waals surface area (Å²) in [6.07, 6.45) is 2.51. The number of piperidine rings is 1. The second-order valence-corrected chi connectivity index (χ2v) is 9.87. The third-order valence-corrected chi connectivity index (χ3v) is 7.84. The summed E-state index contributed by atoms with van der Waals surface area (Å²) in [5.74, 6) is 0.848. The van der Waals surface area contributed by atoms with Crippen LogP contribution in [0, 0.1) is 17.7 Å². The first-order valence-corrected chi connectivity index (χ1v) is 11.4. The van der Waals surface area contributed by atoms with Crippen LogP contribution in [0.15, 0.2) is 64.5 Å². The first-order valence-electron chi connectivity index (χ1n) is 9.87. The number of hydrogen-bond acceptors (Lipinski definition) is 5. The van der Waals surface area contributed by atoms with Crippen molar-refractivity contribution in [3.05, 3.63) is 60.5 Å². The van der Waals surface area contributed by atoms with Crippen LogP contribution in [0.5, 0.6) is 0 Å². The molecular formula is C22H22FN3O2S. The van der Waals surface area contributed by atoms with E-state index in [4.69, 9.17) is 0 Å². The molecule has 2 atom stereocenters. The highest BCUT2D eigenvalue weighted by Crippen LogP contribution is 2.32. The molecule has 3 heterocycles. The van der Waals surface area contributed by atoms with Gasteiger partial charge in [0.05, 0.1) is 15.3 Å². The van der Waals surface area contributed by atoms with Gasteiger partial charge >= 0.3 is 0 Å². The minimum absolute atomic E-state index is 0.0642. The van der Waals surface area contributed by atoms with E-state index in [0.29, 0.717) is 5.92 Å². The minimum Gasteiger partial charge on any atom is -0.371 e. The molecule has 2 unspecified atom stereocenters. The van der Waals surface area contributed by atoms with Crippen LogP contribution in [0.4, 0.5) is 10.1 Å². The standard InChI is InChI=1S/C22H22FN3O2S/c23-18-2-1-3-20(10-18)29(27,28)21-9-16-8-19(4-5-22(16)25-13-21)26-7-6-15-11-24-12-17(15)14-26/h1-5,8-10,13,15,17,24H,6-7,11-12,14H2. The van der Waals surface area contributed by atoms with Gasteiger partial charge in [-0.25, -0.2) is 12.8 Å². The highest BCUT2D eigenvalue weighted by Gasteiger charge is 2.32. The number of sulfone groups is 1. The fourth-order valence-electron chi connectivity index (χ4n) is 4.48. The van der Waals surface area contributed by atoms with E-state index in [0.717, 1.165) is 54.8 Å². The molecule has 5 nitrogen and oxygen atoms in total. The SMILES string of the molecule is O=S(=O)(c1cccc(F)c1)c1cnc2ccc(N3CCC4CNCC4C3)cc2c1. The average Bonchev–Trinajstić information content (AvgIpc) is 3.21. The summed E-state index contributed by atoms with van der Waals surface area (Å²) in [6, 6.07) is 12.7. The Kier molecular flexibility index (Phi) is 4.52. The molecule has 150 valence electrons. The van der Waals surface area contributed by atoms with Crippen molar-refractivity contribution >= 4 is 26.4 Å². The molecule has 2 fully saturated rings. The molecule has 0 radical (unpaired) electrons. The van der Waals surface area contributed by atoms with Crippen LogP contribution >= 0.6 is 0 Å². The lowest BCUT2D eigenvalue weighted by atomic mass is 9.88. The predicted octanol–water partition coefficient (Wildman–Crippen LogP) is 3.25. The number of nitrogens with one attached hydrogen (secondary N) is 1. The molecule has 0 amide bonds. The largest absolute Gasteiger partial charge is 0.371 e. The molecular weight excluding hydrogens is 389 g/mol. The summed E-state index contributed by atoms with van der Waals surface area (Å²) in [5.41, 5.74) is 1.83. The summed E-state index contributed by atoms with van der Waals surface area (Å²) >= 11 is 0. The number of nitrogens with zero attached hydrogens (tertiary/aromatic N) is 2. The molecule has 2 aliphatic rings. The normalized spacial score (nSPS) is 22.0. The number of benzene rings is 2. The summed E-state index contributed by atoms with van der Waals surface area (Å²) < 4.78 is 39.4. The Labute approximate surface area is 169 Å². The fourth-order valence-corrected chi connectivity index (χ4v) is 5.75. The van der Waals surface area contributed by atoms with Gasteiger partial charge in [-0.2, -0.15) is 0 Å². The number of fused-ring (bicyclic) bond motifs is 2. The number of pyridine rings is 1. The van der Waals surface area contributed by atoms with Crippen molar-refractivity contribution < 1.29 is 12.8 Å². The molecule has 29 heavy (non-hydrogen) atoms. The molecule has 5 rings (SSSR count). The van der Waals surface area contributed by atoms with Gasteiger partial charge in [-0.15, -0.1) is 0 Å². The van der Waals surface area contributed by atoms with Crippen LogP contribution in [0.1, 0.15) is 6.42 Å². The van der Waals surface area contributed by atoms with Crippen molar-refractivity contribution in [2.45, 2.75) is 16.2 Å². The van der Waals surface area contributed by atoms with Crippen LogP contribution in [0.25, 0.3) is 10.9 Å². The smallest absolute Gasteiger partial charge is 0.208 e. The van der Waals surface area contributed by atoms with E-state index in [1.807, 2.05) is 12.1 Å². The number of anilines is 1. The van der Waals surface area contributed by atoms with E-state index in [9.17, 15) is 12.8 Å². The van der Waals surface area contributed by atoms with Gasteiger partial charge in [-0.3, -0.25) is 4.98 Å². The number of halogens is 1. The van der Waals surface area contributed by atoms with Gasteiger partial charge < -0.3 is 10.2 Å². The van der Waals surface area contributed by atoms with Crippen LogP contribution < -0.4 is 10.2 Å². The van der Waals surface area contributed by atoms with Crippen LogP contribution in [0.3, 0.4) is 0 Å². The second kappa shape index (κ2) is 7.07. The maximum absolute atomic E-state index is 13.5. The van der Waals surface area contributed by atoms with Gasteiger partial charge in [0.25, 0.3) is 0 Å². The Morgan fingerprint density at radius 2 is 1.90 bits per heavy atom. The van der Waals surface area contributed by atoms with Crippen LogP contribution in [0.2, 0.25) is 0 Å². The lowest BCUT2D eigenvalue weighted by Gasteiger charge is -2.36. The Hall–Kier alpha value is -2.51. The molecule has 0 aliphatic carbocycles. The maximum atomic E-state index is 13.5. The van der Waals surface area contributed by atoms with Crippen molar-refractivity contribution in [3.63, 3.8) is 0 Å². The highest BCUT2D eigenvalue weighted by molar-refractivity contribution is 7.91. The minimum atomic E-state index is -3.83. The summed E-state index contributed by atoms with van der Waals surface area (Å²) in [4.78, 5) is 6.72. The maximum Gasteiger partial charge on any atom is 0.208 e. The summed E-state index contributed by atoms with van der Waals surface area (Å²) in [7, 11) is -3.83. The van der Waals surface area contributed by atoms with Crippen molar-refractivity contribution in [1.29, 1.82) is 0 Å². The first kappa shape index (κ1) is 18.5. The van der Waals surface area contributed by atoms with Gasteiger partial charge in [0.1, 0.15) is 5.82 Å². The zero-order valence-electron chi connectivity index (χ0n) is 15.9. The molecule has 2 aliphatic heterocycles. The van der Waals surface area contributed by atoms with E-state index in [1.54, 1.807) is 6.07 Å². The van der Waals surface area contributed by atoms with E-state index in [2.05, 4.69) is 21.3 Å². The van der Waals surface area contributed by atoms with Crippen molar-refractivity contribution in [2.75, 3.05) is 31.1 Å². The zero-order valence-corrected chi connectivity index (χ0v) is 16.7. The average molecular weight is 412 g/mol. The van der Waals surface area contributed by atoms with Crippen molar-refractivity contribution in [3.8, 4) is 0 Å². The van der Waals surface area contributed by atoms with Crippen molar-refractivity contribution in [2.24, 2.45) is 11.8 Å². The Bertz CT molecular complexity index is 1180. The molecule has 0 bridgehead atoms. The molecule has 2 saturated heterocycles. The second-order valence-electron chi connectivity index (χ2n) is 7.92.